The zero-order valence-corrected chi connectivity index (χ0v) is 12.3. The molecule has 23 heavy (non-hydrogen) atoms. The van der Waals surface area contributed by atoms with E-state index >= 15 is 0 Å². The van der Waals surface area contributed by atoms with Crippen LogP contribution in [0.25, 0.3) is 10.9 Å². The van der Waals surface area contributed by atoms with Crippen LogP contribution in [0.5, 0.6) is 0 Å². The number of aliphatic hydroxyl groups is 4. The average Bonchev–Trinajstić information content (AvgIpc) is 2.93. The highest BCUT2D eigenvalue weighted by atomic mass is 35.5. The van der Waals surface area contributed by atoms with Gasteiger partial charge >= 0.3 is 5.97 Å². The minimum absolute atomic E-state index is 0.104. The van der Waals surface area contributed by atoms with Gasteiger partial charge in [0.2, 0.25) is 0 Å². The van der Waals surface area contributed by atoms with E-state index in [1.54, 1.807) is 24.3 Å². The molecule has 1 aliphatic rings. The largest absolute Gasteiger partial charge is 0.479 e. The van der Waals surface area contributed by atoms with Crippen molar-refractivity contribution in [1.82, 2.24) is 4.98 Å². The summed E-state index contributed by atoms with van der Waals surface area (Å²) in [6.45, 7) is 0. The summed E-state index contributed by atoms with van der Waals surface area (Å²) in [5.74, 6) is -1.65. The van der Waals surface area contributed by atoms with E-state index in [1.165, 1.54) is 6.07 Å². The van der Waals surface area contributed by atoms with Gasteiger partial charge in [0, 0.05) is 5.52 Å². The maximum Gasteiger partial charge on any atom is 0.335 e. The summed E-state index contributed by atoms with van der Waals surface area (Å²) in [5.41, 5.74) is -2.12. The predicted molar refractivity (Wildman–Crippen MR) is 77.5 cm³/mol. The number of alkyl halides is 1. The standard InChI is InChI=1S/C14H14ClNO7/c15-14(22)12(20)13(21,10(17)9(23-14)11(18)19)8-5-6-3-1-2-4-7(6)16-8/h1-5,9-10,12,16-17,20-22H,(H,18,19)/t9-,10+,12+,13-,14-/m0/s1. The molecule has 2 heterocycles. The number of fused-ring (bicyclic) bond motifs is 1. The van der Waals surface area contributed by atoms with E-state index in [9.17, 15) is 25.2 Å². The van der Waals surface area contributed by atoms with E-state index in [2.05, 4.69) is 9.72 Å². The molecule has 5 atom stereocenters. The molecule has 0 unspecified atom stereocenters. The van der Waals surface area contributed by atoms with Crippen molar-refractivity contribution in [1.29, 1.82) is 0 Å². The van der Waals surface area contributed by atoms with E-state index in [4.69, 9.17) is 16.7 Å². The van der Waals surface area contributed by atoms with Crippen molar-refractivity contribution >= 4 is 28.5 Å². The maximum atomic E-state index is 11.2. The van der Waals surface area contributed by atoms with Gasteiger partial charge in [-0.25, -0.2) is 4.79 Å². The smallest absolute Gasteiger partial charge is 0.335 e. The minimum atomic E-state index is -2.89. The van der Waals surface area contributed by atoms with Crippen LogP contribution in [-0.2, 0) is 15.1 Å². The molecule has 1 aromatic carbocycles. The van der Waals surface area contributed by atoms with Gasteiger partial charge in [-0.1, -0.05) is 29.8 Å². The van der Waals surface area contributed by atoms with Crippen molar-refractivity contribution < 1.29 is 35.1 Å². The molecule has 0 amide bonds. The SMILES string of the molecule is O=C(O)[C@H]1O[C@](O)(Cl)[C@H](O)[C@](O)(c2cc3ccccc3[nH]2)[C@@H]1O. The van der Waals surface area contributed by atoms with Crippen LogP contribution in [0.15, 0.2) is 30.3 Å². The van der Waals surface area contributed by atoms with Crippen LogP contribution in [0, 0.1) is 0 Å². The number of hydrogen-bond acceptors (Lipinski definition) is 6. The fraction of sp³-hybridized carbons (Fsp3) is 0.357. The Kier molecular flexibility index (Phi) is 3.64. The molecule has 0 bridgehead atoms. The molecule has 0 spiro atoms. The van der Waals surface area contributed by atoms with Gasteiger partial charge in [-0.15, -0.1) is 0 Å². The molecule has 8 nitrogen and oxygen atoms in total. The molecular formula is C14H14ClNO7. The predicted octanol–water partition coefficient (Wildman–Crippen LogP) is -0.554. The molecule has 2 aromatic rings. The molecule has 1 aromatic heterocycles. The number of H-pyrrole nitrogens is 1. The van der Waals surface area contributed by atoms with Crippen LogP contribution in [-0.4, -0.2) is 60.0 Å². The molecule has 1 saturated heterocycles. The van der Waals surface area contributed by atoms with Crippen LogP contribution >= 0.6 is 11.6 Å². The number of carboxylic acid groups (broad SMARTS) is 1. The summed E-state index contributed by atoms with van der Waals surface area (Å²) in [4.78, 5) is 14.0. The van der Waals surface area contributed by atoms with Gasteiger partial charge in [-0.3, -0.25) is 0 Å². The molecule has 3 rings (SSSR count). The molecule has 1 fully saturated rings. The molecule has 1 aliphatic heterocycles. The van der Waals surface area contributed by atoms with E-state index in [0.717, 1.165) is 0 Å². The summed E-state index contributed by atoms with van der Waals surface area (Å²) in [6.07, 6.45) is -6.34. The summed E-state index contributed by atoms with van der Waals surface area (Å²) in [7, 11) is 0. The fourth-order valence-electron chi connectivity index (χ4n) is 2.75. The Balaban J connectivity index is 2.16. The van der Waals surface area contributed by atoms with E-state index in [0.29, 0.717) is 10.9 Å². The van der Waals surface area contributed by atoms with Crippen LogP contribution in [0.2, 0.25) is 0 Å². The quantitative estimate of drug-likeness (QED) is 0.401. The number of hydrogen-bond donors (Lipinski definition) is 6. The lowest BCUT2D eigenvalue weighted by molar-refractivity contribution is -0.339. The molecule has 124 valence electrons. The third-order valence-corrected chi connectivity index (χ3v) is 4.28. The molecular weight excluding hydrogens is 330 g/mol. The highest BCUT2D eigenvalue weighted by molar-refractivity contribution is 6.22. The molecule has 0 saturated carbocycles. The Labute approximate surface area is 134 Å². The second-order valence-corrected chi connectivity index (χ2v) is 5.97. The summed E-state index contributed by atoms with van der Waals surface area (Å²) >= 11 is 5.59. The lowest BCUT2D eigenvalue weighted by Gasteiger charge is -2.48. The first-order valence-electron chi connectivity index (χ1n) is 6.66. The van der Waals surface area contributed by atoms with E-state index < -0.39 is 35.1 Å². The van der Waals surface area contributed by atoms with E-state index in [1.807, 2.05) is 0 Å². The average molecular weight is 344 g/mol. The number of para-hydroxylation sites is 1. The van der Waals surface area contributed by atoms with Crippen LogP contribution in [0.4, 0.5) is 0 Å². The van der Waals surface area contributed by atoms with Gasteiger partial charge in [-0.05, 0) is 17.5 Å². The molecule has 0 aliphatic carbocycles. The Morgan fingerprint density at radius 1 is 1.26 bits per heavy atom. The number of nitrogens with one attached hydrogen (secondary N) is 1. The number of rotatable bonds is 2. The number of aliphatic hydroxyl groups excluding tert-OH is 2. The van der Waals surface area contributed by atoms with Gasteiger partial charge in [0.25, 0.3) is 5.25 Å². The first-order chi connectivity index (χ1) is 10.7. The lowest BCUT2D eigenvalue weighted by atomic mass is 9.81. The Bertz CT molecular complexity index is 727. The highest BCUT2D eigenvalue weighted by Gasteiger charge is 2.64. The number of carboxylic acids is 1. The first-order valence-corrected chi connectivity index (χ1v) is 7.04. The summed E-state index contributed by atoms with van der Waals surface area (Å²) < 4.78 is 4.60. The van der Waals surface area contributed by atoms with Crippen molar-refractivity contribution in [3.63, 3.8) is 0 Å². The fourth-order valence-corrected chi connectivity index (χ4v) is 3.01. The van der Waals surface area contributed by atoms with Gasteiger partial charge in [0.15, 0.2) is 17.8 Å². The number of halogens is 1. The Morgan fingerprint density at radius 3 is 2.52 bits per heavy atom. The number of aromatic amines is 1. The third kappa shape index (κ3) is 2.31. The molecule has 6 N–H and O–H groups in total. The third-order valence-electron chi connectivity index (χ3n) is 3.99. The van der Waals surface area contributed by atoms with Crippen molar-refractivity contribution in [2.45, 2.75) is 29.2 Å². The lowest BCUT2D eigenvalue weighted by Crippen LogP contribution is -2.69. The molecule has 9 heteroatoms. The second-order valence-electron chi connectivity index (χ2n) is 5.43. The van der Waals surface area contributed by atoms with Crippen molar-refractivity contribution in [3.8, 4) is 0 Å². The maximum absolute atomic E-state index is 11.2. The highest BCUT2D eigenvalue weighted by Crippen LogP contribution is 2.44. The van der Waals surface area contributed by atoms with Crippen LogP contribution < -0.4 is 0 Å². The van der Waals surface area contributed by atoms with Crippen molar-refractivity contribution in [2.75, 3.05) is 0 Å². The second kappa shape index (κ2) is 5.17. The Hall–Kier alpha value is -1.68. The van der Waals surface area contributed by atoms with Crippen molar-refractivity contribution in [3.05, 3.63) is 36.0 Å². The van der Waals surface area contributed by atoms with Crippen molar-refractivity contribution in [2.24, 2.45) is 0 Å². The van der Waals surface area contributed by atoms with Gasteiger partial charge < -0.3 is 35.3 Å². The Morgan fingerprint density at radius 2 is 1.91 bits per heavy atom. The molecule has 0 radical (unpaired) electrons. The number of aliphatic carboxylic acids is 1. The monoisotopic (exact) mass is 343 g/mol. The van der Waals surface area contributed by atoms with Gasteiger partial charge in [-0.2, -0.15) is 0 Å². The number of ether oxygens (including phenoxy) is 1. The summed E-state index contributed by atoms with van der Waals surface area (Å²) in [6, 6.07) is 8.26. The zero-order chi connectivity index (χ0) is 17.0. The van der Waals surface area contributed by atoms with E-state index in [-0.39, 0.29) is 5.69 Å². The summed E-state index contributed by atoms with van der Waals surface area (Å²) in [5, 5.41) is 48.0. The van der Waals surface area contributed by atoms with Gasteiger partial charge in [0.05, 0.1) is 5.69 Å². The topological polar surface area (TPSA) is 143 Å². The minimum Gasteiger partial charge on any atom is -0.479 e. The van der Waals surface area contributed by atoms with Crippen LogP contribution in [0.1, 0.15) is 5.69 Å². The normalized spacial score (nSPS) is 37.9. The number of aromatic nitrogens is 1. The van der Waals surface area contributed by atoms with Gasteiger partial charge in [0.1, 0.15) is 6.10 Å². The number of benzene rings is 1. The zero-order valence-electron chi connectivity index (χ0n) is 11.5. The number of carbonyl (C=O) groups is 1. The van der Waals surface area contributed by atoms with Crippen LogP contribution in [0.3, 0.4) is 0 Å². The first kappa shape index (κ1) is 16.2.